The fourth-order valence-corrected chi connectivity index (χ4v) is 5.75. The van der Waals surface area contributed by atoms with Crippen LogP contribution in [0.15, 0.2) is 72.9 Å². The molecule has 168 valence electrons. The highest BCUT2D eigenvalue weighted by Gasteiger charge is 2.66. The zero-order valence-electron chi connectivity index (χ0n) is 18.4. The molecule has 0 radical (unpaired) electrons. The molecule has 0 saturated carbocycles. The number of carbonyl (C=O) groups excluding carboxylic acids is 2. The molecule has 2 N–H and O–H groups in total. The quantitative estimate of drug-likeness (QED) is 0.554. The van der Waals surface area contributed by atoms with Crippen molar-refractivity contribution in [3.05, 3.63) is 84.1 Å². The second-order valence-corrected chi connectivity index (χ2v) is 9.30. The van der Waals surface area contributed by atoms with Crippen molar-refractivity contribution in [2.24, 2.45) is 11.8 Å². The molecule has 6 rings (SSSR count). The number of likely N-dealkylation sites (tertiary alicyclic amines) is 1. The Hall–Kier alpha value is -3.38. The summed E-state index contributed by atoms with van der Waals surface area (Å²) in [6, 6.07) is 18.3. The maximum atomic E-state index is 13.3. The van der Waals surface area contributed by atoms with Crippen molar-refractivity contribution in [3.8, 4) is 0 Å². The monoisotopic (exact) mass is 441 g/mol. The molecular weight excluding hydrogens is 414 g/mol. The SMILES string of the molecule is O=C(NCCc1c[nH]c2ccccc12)[C@H]1[C@H]2C=C[C@@]3(CN(CCc4ccccc4)C(=O)[C@@H]13)O2. The zero-order chi connectivity index (χ0) is 22.4. The Labute approximate surface area is 192 Å². The van der Waals surface area contributed by atoms with Crippen LogP contribution in [0, 0.1) is 11.8 Å². The Balaban J connectivity index is 1.11. The number of ether oxygens (including phenoxy) is 1. The maximum absolute atomic E-state index is 13.3. The number of aromatic amines is 1. The van der Waals surface area contributed by atoms with Crippen LogP contribution in [0.1, 0.15) is 11.1 Å². The van der Waals surface area contributed by atoms with Gasteiger partial charge in [-0.2, -0.15) is 0 Å². The summed E-state index contributed by atoms with van der Waals surface area (Å²) in [5.41, 5.74) is 2.82. The second-order valence-electron chi connectivity index (χ2n) is 9.30. The van der Waals surface area contributed by atoms with Gasteiger partial charge in [0, 0.05) is 30.2 Å². The third-order valence-electron chi connectivity index (χ3n) is 7.36. The summed E-state index contributed by atoms with van der Waals surface area (Å²) < 4.78 is 6.24. The molecule has 1 aromatic heterocycles. The fourth-order valence-electron chi connectivity index (χ4n) is 5.75. The van der Waals surface area contributed by atoms with Gasteiger partial charge in [-0.25, -0.2) is 0 Å². The first-order valence-electron chi connectivity index (χ1n) is 11.7. The van der Waals surface area contributed by atoms with Gasteiger partial charge < -0.3 is 19.9 Å². The molecule has 6 nitrogen and oxygen atoms in total. The fraction of sp³-hybridized carbons (Fsp3) is 0.333. The molecule has 4 atom stereocenters. The van der Waals surface area contributed by atoms with Gasteiger partial charge in [-0.3, -0.25) is 9.59 Å². The molecule has 2 fully saturated rings. The number of hydrogen-bond donors (Lipinski definition) is 2. The van der Waals surface area contributed by atoms with Crippen molar-refractivity contribution in [2.75, 3.05) is 19.6 Å². The lowest BCUT2D eigenvalue weighted by atomic mass is 9.77. The minimum atomic E-state index is -0.655. The van der Waals surface area contributed by atoms with Gasteiger partial charge in [-0.1, -0.05) is 60.7 Å². The smallest absolute Gasteiger partial charge is 0.230 e. The Morgan fingerprint density at radius 3 is 2.82 bits per heavy atom. The number of aromatic nitrogens is 1. The third kappa shape index (κ3) is 3.37. The molecule has 4 heterocycles. The lowest BCUT2D eigenvalue weighted by molar-refractivity contribution is -0.137. The van der Waals surface area contributed by atoms with E-state index in [9.17, 15) is 9.59 Å². The van der Waals surface area contributed by atoms with E-state index in [0.29, 0.717) is 19.6 Å². The Kier molecular flexibility index (Phi) is 4.84. The molecule has 2 aromatic carbocycles. The number of carbonyl (C=O) groups is 2. The Morgan fingerprint density at radius 2 is 1.94 bits per heavy atom. The van der Waals surface area contributed by atoms with Gasteiger partial charge in [0.1, 0.15) is 5.60 Å². The first kappa shape index (κ1) is 20.2. The average molecular weight is 442 g/mol. The van der Waals surface area contributed by atoms with Crippen LogP contribution < -0.4 is 5.32 Å². The lowest BCUT2D eigenvalue weighted by Crippen LogP contribution is -2.44. The minimum Gasteiger partial charge on any atom is -0.361 e. The largest absolute Gasteiger partial charge is 0.361 e. The molecule has 0 unspecified atom stereocenters. The standard InChI is InChI=1S/C27H27N3O3/c31-25(28-14-11-19-16-29-21-9-5-4-8-20(19)21)23-22-10-13-27(33-22)17-30(26(32)24(23)27)15-12-18-6-2-1-3-7-18/h1-10,13,16,22-24,29H,11-12,14-15,17H2,(H,28,31)/t22-,23+,24-,27+/m1/s1. The normalized spacial score (nSPS) is 27.5. The molecule has 1 spiro atoms. The van der Waals surface area contributed by atoms with Gasteiger partial charge in [0.05, 0.1) is 24.5 Å². The summed E-state index contributed by atoms with van der Waals surface area (Å²) in [6.45, 7) is 1.69. The predicted octanol–water partition coefficient (Wildman–Crippen LogP) is 2.85. The topological polar surface area (TPSA) is 74.4 Å². The van der Waals surface area contributed by atoms with Crippen molar-refractivity contribution in [3.63, 3.8) is 0 Å². The summed E-state index contributed by atoms with van der Waals surface area (Å²) in [7, 11) is 0. The number of hydrogen-bond acceptors (Lipinski definition) is 3. The van der Waals surface area contributed by atoms with Crippen molar-refractivity contribution >= 4 is 22.7 Å². The van der Waals surface area contributed by atoms with Gasteiger partial charge in [-0.15, -0.1) is 0 Å². The highest BCUT2D eigenvalue weighted by Crippen LogP contribution is 2.51. The van der Waals surface area contributed by atoms with E-state index in [4.69, 9.17) is 4.74 Å². The van der Waals surface area contributed by atoms with Crippen LogP contribution in [-0.2, 0) is 27.2 Å². The molecule has 3 aromatic rings. The van der Waals surface area contributed by atoms with Gasteiger partial charge in [0.15, 0.2) is 0 Å². The van der Waals surface area contributed by atoms with E-state index in [1.165, 1.54) is 16.5 Å². The van der Waals surface area contributed by atoms with Gasteiger partial charge in [0.25, 0.3) is 0 Å². The molecule has 3 aliphatic heterocycles. The zero-order valence-corrected chi connectivity index (χ0v) is 18.4. The van der Waals surface area contributed by atoms with Crippen LogP contribution in [0.3, 0.4) is 0 Å². The highest BCUT2D eigenvalue weighted by atomic mass is 16.5. The van der Waals surface area contributed by atoms with E-state index in [-0.39, 0.29) is 17.9 Å². The van der Waals surface area contributed by atoms with E-state index in [2.05, 4.69) is 28.5 Å². The predicted molar refractivity (Wildman–Crippen MR) is 125 cm³/mol. The van der Waals surface area contributed by atoms with E-state index in [1.807, 2.05) is 59.6 Å². The van der Waals surface area contributed by atoms with Crippen molar-refractivity contribution < 1.29 is 14.3 Å². The van der Waals surface area contributed by atoms with Crippen LogP contribution >= 0.6 is 0 Å². The van der Waals surface area contributed by atoms with Crippen LogP contribution in [0.5, 0.6) is 0 Å². The number of nitrogens with zero attached hydrogens (tertiary/aromatic N) is 1. The first-order valence-corrected chi connectivity index (χ1v) is 11.7. The molecular formula is C27H27N3O3. The minimum absolute atomic E-state index is 0.0366. The van der Waals surface area contributed by atoms with Crippen molar-refractivity contribution in [2.45, 2.75) is 24.5 Å². The summed E-state index contributed by atoms with van der Waals surface area (Å²) in [4.78, 5) is 31.7. The number of amides is 2. The summed E-state index contributed by atoms with van der Waals surface area (Å²) in [5.74, 6) is -0.951. The molecule has 0 aliphatic carbocycles. The summed E-state index contributed by atoms with van der Waals surface area (Å²) >= 11 is 0. The summed E-state index contributed by atoms with van der Waals surface area (Å²) in [5, 5.41) is 4.26. The highest BCUT2D eigenvalue weighted by molar-refractivity contribution is 5.93. The number of para-hydroxylation sites is 1. The van der Waals surface area contributed by atoms with Crippen LogP contribution in [0.4, 0.5) is 0 Å². The third-order valence-corrected chi connectivity index (χ3v) is 7.36. The Morgan fingerprint density at radius 1 is 1.12 bits per heavy atom. The van der Waals surface area contributed by atoms with Gasteiger partial charge >= 0.3 is 0 Å². The second kappa shape index (κ2) is 7.89. The van der Waals surface area contributed by atoms with Crippen molar-refractivity contribution in [1.29, 1.82) is 0 Å². The Bertz CT molecular complexity index is 1230. The van der Waals surface area contributed by atoms with E-state index >= 15 is 0 Å². The summed E-state index contributed by atoms with van der Waals surface area (Å²) in [6.07, 6.45) is 7.19. The molecule has 6 heteroatoms. The maximum Gasteiger partial charge on any atom is 0.230 e. The number of fused-ring (bicyclic) bond motifs is 2. The molecule has 2 bridgehead atoms. The van der Waals surface area contributed by atoms with Gasteiger partial charge in [0.2, 0.25) is 11.8 Å². The van der Waals surface area contributed by atoms with E-state index in [1.54, 1.807) is 0 Å². The molecule has 33 heavy (non-hydrogen) atoms. The lowest BCUT2D eigenvalue weighted by Gasteiger charge is -2.23. The first-order chi connectivity index (χ1) is 16.1. The number of benzene rings is 2. The van der Waals surface area contributed by atoms with Crippen LogP contribution in [0.2, 0.25) is 0 Å². The number of H-pyrrole nitrogens is 1. The number of nitrogens with one attached hydrogen (secondary N) is 2. The molecule has 2 amide bonds. The van der Waals surface area contributed by atoms with Crippen molar-refractivity contribution in [1.82, 2.24) is 15.2 Å². The molecule has 2 saturated heterocycles. The van der Waals surface area contributed by atoms with E-state index in [0.717, 1.165) is 18.4 Å². The molecule has 3 aliphatic rings. The van der Waals surface area contributed by atoms with Crippen LogP contribution in [-0.4, -0.2) is 53.0 Å². The van der Waals surface area contributed by atoms with Crippen LogP contribution in [0.25, 0.3) is 10.9 Å². The van der Waals surface area contributed by atoms with Gasteiger partial charge in [-0.05, 0) is 30.0 Å². The van der Waals surface area contributed by atoms with E-state index < -0.39 is 17.4 Å². The number of rotatable bonds is 7. The average Bonchev–Trinajstić information content (AvgIpc) is 3.58.